The van der Waals surface area contributed by atoms with Gasteiger partial charge in [-0.3, -0.25) is 19.5 Å². The number of fused-ring (bicyclic) bond motifs is 1. The van der Waals surface area contributed by atoms with Gasteiger partial charge in [-0.1, -0.05) is 0 Å². The lowest BCUT2D eigenvalue weighted by molar-refractivity contribution is -0.149. The number of rotatable bonds is 2. The Morgan fingerprint density at radius 2 is 2.25 bits per heavy atom. The first-order valence-electron chi connectivity index (χ1n) is 6.30. The standard InChI is InChI=1S/C13H13ClN4O2/c1-17-12(19)3-2-10(13(17)20)18-9-4-5-15-7-8(9)16-11(18)6-14/h4-5,7,10H,2-3,6H2,1H3. The summed E-state index contributed by atoms with van der Waals surface area (Å²) < 4.78 is 1.83. The third-order valence-corrected chi connectivity index (χ3v) is 3.86. The number of nitrogens with zero attached hydrogens (tertiary/aromatic N) is 4. The van der Waals surface area contributed by atoms with Crippen LogP contribution in [-0.2, 0) is 15.5 Å². The Balaban J connectivity index is 2.14. The number of aromatic nitrogens is 3. The third kappa shape index (κ3) is 1.87. The van der Waals surface area contributed by atoms with Crippen LogP contribution in [0.4, 0.5) is 0 Å². The van der Waals surface area contributed by atoms with Gasteiger partial charge in [-0.25, -0.2) is 4.98 Å². The predicted octanol–water partition coefficient (Wildman–Crippen LogP) is 1.49. The number of piperidine rings is 1. The van der Waals surface area contributed by atoms with E-state index in [0.717, 1.165) is 5.52 Å². The summed E-state index contributed by atoms with van der Waals surface area (Å²) in [7, 11) is 1.51. The molecule has 1 aliphatic heterocycles. The van der Waals surface area contributed by atoms with Gasteiger partial charge in [-0.15, -0.1) is 11.6 Å². The number of alkyl halides is 1. The fraction of sp³-hybridized carbons (Fsp3) is 0.385. The van der Waals surface area contributed by atoms with Gasteiger partial charge in [-0.05, 0) is 12.5 Å². The zero-order valence-electron chi connectivity index (χ0n) is 10.9. The molecule has 1 aliphatic rings. The van der Waals surface area contributed by atoms with Gasteiger partial charge in [0.2, 0.25) is 5.91 Å². The van der Waals surface area contributed by atoms with Gasteiger partial charge < -0.3 is 4.57 Å². The molecule has 104 valence electrons. The largest absolute Gasteiger partial charge is 0.314 e. The van der Waals surface area contributed by atoms with E-state index in [1.807, 2.05) is 10.6 Å². The van der Waals surface area contributed by atoms with Crippen molar-refractivity contribution in [1.82, 2.24) is 19.4 Å². The number of hydrogen-bond donors (Lipinski definition) is 0. The van der Waals surface area contributed by atoms with Crippen molar-refractivity contribution in [3.63, 3.8) is 0 Å². The van der Waals surface area contributed by atoms with Crippen LogP contribution in [-0.4, -0.2) is 38.3 Å². The zero-order valence-corrected chi connectivity index (χ0v) is 11.7. The summed E-state index contributed by atoms with van der Waals surface area (Å²) in [5.74, 6) is 0.458. The third-order valence-electron chi connectivity index (χ3n) is 3.62. The molecule has 0 saturated carbocycles. The van der Waals surface area contributed by atoms with Gasteiger partial charge in [0, 0.05) is 19.7 Å². The molecule has 1 atom stereocenters. The topological polar surface area (TPSA) is 68.1 Å². The van der Waals surface area contributed by atoms with E-state index in [2.05, 4.69) is 9.97 Å². The Hall–Kier alpha value is -1.95. The number of imidazole rings is 1. The van der Waals surface area contributed by atoms with Crippen LogP contribution in [0.2, 0.25) is 0 Å². The second-order valence-electron chi connectivity index (χ2n) is 4.74. The van der Waals surface area contributed by atoms with Crippen LogP contribution in [0.25, 0.3) is 11.0 Å². The second kappa shape index (κ2) is 4.86. The molecule has 0 aromatic carbocycles. The van der Waals surface area contributed by atoms with E-state index in [-0.39, 0.29) is 17.7 Å². The van der Waals surface area contributed by atoms with Gasteiger partial charge in [0.1, 0.15) is 17.4 Å². The van der Waals surface area contributed by atoms with Crippen LogP contribution in [0.15, 0.2) is 18.5 Å². The van der Waals surface area contributed by atoms with Crippen molar-refractivity contribution in [3.8, 4) is 0 Å². The molecule has 1 unspecified atom stereocenters. The van der Waals surface area contributed by atoms with Crippen molar-refractivity contribution in [2.24, 2.45) is 0 Å². The van der Waals surface area contributed by atoms with E-state index >= 15 is 0 Å². The average Bonchev–Trinajstić information content (AvgIpc) is 2.84. The van der Waals surface area contributed by atoms with Crippen molar-refractivity contribution < 1.29 is 9.59 Å². The minimum Gasteiger partial charge on any atom is -0.314 e. The van der Waals surface area contributed by atoms with E-state index in [9.17, 15) is 9.59 Å². The molecule has 1 fully saturated rings. The molecule has 2 aromatic heterocycles. The van der Waals surface area contributed by atoms with Crippen LogP contribution < -0.4 is 0 Å². The first-order chi connectivity index (χ1) is 9.63. The molecule has 0 bridgehead atoms. The van der Waals surface area contributed by atoms with Crippen molar-refractivity contribution in [2.75, 3.05) is 7.05 Å². The first-order valence-corrected chi connectivity index (χ1v) is 6.84. The van der Waals surface area contributed by atoms with Gasteiger partial charge >= 0.3 is 0 Å². The van der Waals surface area contributed by atoms with Gasteiger partial charge in [-0.2, -0.15) is 0 Å². The highest BCUT2D eigenvalue weighted by Gasteiger charge is 2.34. The molecule has 7 heteroatoms. The van der Waals surface area contributed by atoms with E-state index < -0.39 is 6.04 Å². The maximum atomic E-state index is 12.3. The Kier molecular flexibility index (Phi) is 3.17. The summed E-state index contributed by atoms with van der Waals surface area (Å²) in [6.45, 7) is 0. The molecule has 2 amide bonds. The number of likely N-dealkylation sites (N-methyl/N-ethyl adjacent to an activating group) is 1. The molecule has 0 N–H and O–H groups in total. The molecule has 0 spiro atoms. The van der Waals surface area contributed by atoms with Gasteiger partial charge in [0.05, 0.1) is 17.6 Å². The molecule has 2 aromatic rings. The van der Waals surface area contributed by atoms with Crippen LogP contribution in [0, 0.1) is 0 Å². The van der Waals surface area contributed by atoms with Crippen molar-refractivity contribution in [1.29, 1.82) is 0 Å². The number of halogens is 1. The Bertz CT molecular complexity index is 697. The van der Waals surface area contributed by atoms with Gasteiger partial charge in [0.25, 0.3) is 5.91 Å². The fourth-order valence-electron chi connectivity index (χ4n) is 2.58. The lowest BCUT2D eigenvalue weighted by Crippen LogP contribution is -2.43. The fourth-order valence-corrected chi connectivity index (χ4v) is 2.77. The highest BCUT2D eigenvalue weighted by molar-refractivity contribution is 6.17. The highest BCUT2D eigenvalue weighted by atomic mass is 35.5. The number of pyridine rings is 1. The van der Waals surface area contributed by atoms with E-state index in [0.29, 0.717) is 24.2 Å². The monoisotopic (exact) mass is 292 g/mol. The summed E-state index contributed by atoms with van der Waals surface area (Å²) in [5, 5.41) is 0. The number of imide groups is 1. The van der Waals surface area contributed by atoms with E-state index in [1.165, 1.54) is 11.9 Å². The Labute approximate surface area is 120 Å². The van der Waals surface area contributed by atoms with Crippen LogP contribution >= 0.6 is 11.6 Å². The summed E-state index contributed by atoms with van der Waals surface area (Å²) in [4.78, 5) is 33.5. The average molecular weight is 293 g/mol. The quantitative estimate of drug-likeness (QED) is 0.621. The van der Waals surface area contributed by atoms with Crippen LogP contribution in [0.1, 0.15) is 24.7 Å². The van der Waals surface area contributed by atoms with E-state index in [1.54, 1.807) is 12.4 Å². The molecule has 3 heterocycles. The molecule has 3 rings (SSSR count). The smallest absolute Gasteiger partial charge is 0.252 e. The SMILES string of the molecule is CN1C(=O)CCC(n2c(CCl)nc3cnccc32)C1=O. The predicted molar refractivity (Wildman–Crippen MR) is 73.1 cm³/mol. The maximum absolute atomic E-state index is 12.3. The normalized spacial score (nSPS) is 19.9. The molecular weight excluding hydrogens is 280 g/mol. The number of likely N-dealkylation sites (tertiary alicyclic amines) is 1. The summed E-state index contributed by atoms with van der Waals surface area (Å²) >= 11 is 5.94. The minimum absolute atomic E-state index is 0.148. The molecule has 20 heavy (non-hydrogen) atoms. The first kappa shape index (κ1) is 13.1. The van der Waals surface area contributed by atoms with Crippen molar-refractivity contribution >= 4 is 34.4 Å². The van der Waals surface area contributed by atoms with Crippen molar-refractivity contribution in [3.05, 3.63) is 24.3 Å². The Morgan fingerprint density at radius 1 is 1.45 bits per heavy atom. The van der Waals surface area contributed by atoms with E-state index in [4.69, 9.17) is 11.6 Å². The van der Waals surface area contributed by atoms with Gasteiger partial charge in [0.15, 0.2) is 0 Å². The maximum Gasteiger partial charge on any atom is 0.252 e. The molecular formula is C13H13ClN4O2. The van der Waals surface area contributed by atoms with Crippen LogP contribution in [0.3, 0.4) is 0 Å². The lowest BCUT2D eigenvalue weighted by Gasteiger charge is -2.29. The number of amides is 2. The number of carbonyl (C=O) groups is 2. The lowest BCUT2D eigenvalue weighted by atomic mass is 10.0. The summed E-state index contributed by atoms with van der Waals surface area (Å²) in [6.07, 6.45) is 4.11. The molecule has 6 nitrogen and oxygen atoms in total. The Morgan fingerprint density at radius 3 is 3.00 bits per heavy atom. The molecule has 0 radical (unpaired) electrons. The number of carbonyl (C=O) groups excluding carboxylic acids is 2. The molecule has 1 saturated heterocycles. The summed E-state index contributed by atoms with van der Waals surface area (Å²) in [6, 6.07) is 1.38. The van der Waals surface area contributed by atoms with Crippen LogP contribution in [0.5, 0.6) is 0 Å². The second-order valence-corrected chi connectivity index (χ2v) is 5.01. The van der Waals surface area contributed by atoms with Crippen molar-refractivity contribution in [2.45, 2.75) is 24.8 Å². The highest BCUT2D eigenvalue weighted by Crippen LogP contribution is 2.29. The minimum atomic E-state index is -0.432. The zero-order chi connectivity index (χ0) is 14.3. The molecule has 0 aliphatic carbocycles. The number of hydrogen-bond acceptors (Lipinski definition) is 4. The summed E-state index contributed by atoms with van der Waals surface area (Å²) in [5.41, 5.74) is 1.52.